The lowest BCUT2D eigenvalue weighted by atomic mass is 10.0. The average Bonchev–Trinajstić information content (AvgIpc) is 2.97. The van der Waals surface area contributed by atoms with Crippen LogP contribution in [-0.2, 0) is 29.6 Å². The molecule has 0 aliphatic rings. The minimum atomic E-state index is -0.544. The Morgan fingerprint density at radius 1 is 1.20 bits per heavy atom. The molecule has 1 heterocycles. The van der Waals surface area contributed by atoms with Crippen LogP contribution in [0.3, 0.4) is 0 Å². The molecule has 0 spiro atoms. The topological polar surface area (TPSA) is 67.2 Å². The van der Waals surface area contributed by atoms with Crippen LogP contribution in [0.2, 0.25) is 0 Å². The zero-order valence-electron chi connectivity index (χ0n) is 15.3. The van der Waals surface area contributed by atoms with E-state index in [1.54, 1.807) is 22.8 Å². The van der Waals surface area contributed by atoms with Crippen LogP contribution in [0.25, 0.3) is 0 Å². The fourth-order valence-corrected chi connectivity index (χ4v) is 2.66. The summed E-state index contributed by atoms with van der Waals surface area (Å²) in [5, 5.41) is 7.00. The fraction of sp³-hybridized carbons (Fsp3) is 0.421. The predicted molar refractivity (Wildman–Crippen MR) is 96.6 cm³/mol. The number of carbonyl (C=O) groups excluding carboxylic acids is 2. The third-order valence-electron chi connectivity index (χ3n) is 4.01. The smallest absolute Gasteiger partial charge is 0.245 e. The number of hydrogen-bond donors (Lipinski definition) is 1. The van der Waals surface area contributed by atoms with Crippen LogP contribution in [0.4, 0.5) is 0 Å². The van der Waals surface area contributed by atoms with Crippen LogP contribution in [0.1, 0.15) is 25.0 Å². The van der Waals surface area contributed by atoms with Crippen LogP contribution < -0.4 is 5.32 Å². The van der Waals surface area contributed by atoms with Crippen molar-refractivity contribution in [3.63, 3.8) is 0 Å². The number of amides is 2. The van der Waals surface area contributed by atoms with Crippen molar-refractivity contribution in [1.29, 1.82) is 0 Å². The normalized spacial score (nSPS) is 12.0. The van der Waals surface area contributed by atoms with Crippen molar-refractivity contribution in [1.82, 2.24) is 20.0 Å². The number of aryl methyl sites for hydroxylation is 1. The Morgan fingerprint density at radius 3 is 2.44 bits per heavy atom. The number of carbonyl (C=O) groups is 2. The Labute approximate surface area is 148 Å². The van der Waals surface area contributed by atoms with E-state index in [-0.39, 0.29) is 24.2 Å². The van der Waals surface area contributed by atoms with Gasteiger partial charge in [0.15, 0.2) is 0 Å². The molecule has 0 aliphatic heterocycles. The van der Waals surface area contributed by atoms with E-state index < -0.39 is 6.04 Å². The van der Waals surface area contributed by atoms with Gasteiger partial charge in [0.2, 0.25) is 11.8 Å². The van der Waals surface area contributed by atoms with Crippen molar-refractivity contribution in [3.05, 3.63) is 53.9 Å². The summed E-state index contributed by atoms with van der Waals surface area (Å²) in [7, 11) is 3.58. The summed E-state index contributed by atoms with van der Waals surface area (Å²) in [5.74, 6) is -0.239. The molecular weight excluding hydrogens is 316 g/mol. The van der Waals surface area contributed by atoms with E-state index in [1.807, 2.05) is 57.4 Å². The minimum absolute atomic E-state index is 0.00331. The van der Waals surface area contributed by atoms with Crippen LogP contribution in [-0.4, -0.2) is 39.6 Å². The number of hydrogen-bond acceptors (Lipinski definition) is 3. The van der Waals surface area contributed by atoms with E-state index in [2.05, 4.69) is 10.4 Å². The maximum Gasteiger partial charge on any atom is 0.245 e. The van der Waals surface area contributed by atoms with Crippen molar-refractivity contribution in [3.8, 4) is 0 Å². The van der Waals surface area contributed by atoms with Gasteiger partial charge in [-0.15, -0.1) is 0 Å². The first kappa shape index (κ1) is 18.7. The summed E-state index contributed by atoms with van der Waals surface area (Å²) in [4.78, 5) is 26.7. The van der Waals surface area contributed by atoms with Gasteiger partial charge in [-0.25, -0.2) is 0 Å². The van der Waals surface area contributed by atoms with Gasteiger partial charge < -0.3 is 10.2 Å². The molecule has 0 fully saturated rings. The lowest BCUT2D eigenvalue weighted by molar-refractivity contribution is -0.136. The largest absolute Gasteiger partial charge is 0.344 e. The predicted octanol–water partition coefficient (Wildman–Crippen LogP) is 1.76. The van der Waals surface area contributed by atoms with Crippen molar-refractivity contribution in [2.45, 2.75) is 32.9 Å². The lowest BCUT2D eigenvalue weighted by Crippen LogP contribution is -2.50. The van der Waals surface area contributed by atoms with Gasteiger partial charge in [0, 0.05) is 32.4 Å². The molecule has 0 saturated heterocycles. The second-order valence-electron chi connectivity index (χ2n) is 6.67. The standard InChI is InChI=1S/C19H26N4O2/c1-14(2)18(21-17(24)10-15-8-6-5-7-9-15)19(25)22(3)12-16-11-20-23(4)13-16/h5-9,11,13-14,18H,10,12H2,1-4H3,(H,21,24). The number of likely N-dealkylation sites (N-methyl/N-ethyl adjacent to an activating group) is 1. The number of nitrogens with one attached hydrogen (secondary N) is 1. The highest BCUT2D eigenvalue weighted by Gasteiger charge is 2.27. The van der Waals surface area contributed by atoms with Crippen LogP contribution in [0.15, 0.2) is 42.7 Å². The molecule has 6 nitrogen and oxygen atoms in total. The molecule has 2 aromatic rings. The van der Waals surface area contributed by atoms with Crippen LogP contribution >= 0.6 is 0 Å². The van der Waals surface area contributed by atoms with E-state index in [0.29, 0.717) is 6.54 Å². The molecule has 2 amide bonds. The molecule has 1 aromatic carbocycles. The van der Waals surface area contributed by atoms with Gasteiger partial charge in [0.05, 0.1) is 12.6 Å². The molecule has 6 heteroatoms. The third-order valence-corrected chi connectivity index (χ3v) is 4.01. The van der Waals surface area contributed by atoms with Crippen LogP contribution in [0.5, 0.6) is 0 Å². The molecule has 1 atom stereocenters. The average molecular weight is 342 g/mol. The van der Waals surface area contributed by atoms with E-state index in [9.17, 15) is 9.59 Å². The summed E-state index contributed by atoms with van der Waals surface area (Å²) >= 11 is 0. The molecule has 1 aromatic heterocycles. The molecule has 0 saturated carbocycles. The van der Waals surface area contributed by atoms with E-state index in [0.717, 1.165) is 11.1 Å². The van der Waals surface area contributed by atoms with Gasteiger partial charge in [0.1, 0.15) is 6.04 Å². The maximum absolute atomic E-state index is 12.8. The van der Waals surface area contributed by atoms with Crippen molar-refractivity contribution < 1.29 is 9.59 Å². The lowest BCUT2D eigenvalue weighted by Gasteiger charge is -2.27. The molecule has 0 bridgehead atoms. The fourth-order valence-electron chi connectivity index (χ4n) is 2.66. The first-order valence-corrected chi connectivity index (χ1v) is 8.42. The highest BCUT2D eigenvalue weighted by molar-refractivity contribution is 5.88. The van der Waals surface area contributed by atoms with Crippen LogP contribution in [0, 0.1) is 5.92 Å². The van der Waals surface area contributed by atoms with Gasteiger partial charge in [-0.05, 0) is 11.5 Å². The third kappa shape index (κ3) is 5.45. The molecule has 134 valence electrons. The molecule has 1 N–H and O–H groups in total. The Balaban J connectivity index is 1.98. The molecule has 0 radical (unpaired) electrons. The molecule has 2 rings (SSSR count). The van der Waals surface area contributed by atoms with E-state index in [4.69, 9.17) is 0 Å². The summed E-state index contributed by atoms with van der Waals surface area (Å²) in [6.07, 6.45) is 3.88. The highest BCUT2D eigenvalue weighted by Crippen LogP contribution is 2.10. The zero-order chi connectivity index (χ0) is 18.4. The van der Waals surface area contributed by atoms with Gasteiger partial charge in [-0.3, -0.25) is 14.3 Å². The van der Waals surface area contributed by atoms with Crippen molar-refractivity contribution in [2.24, 2.45) is 13.0 Å². The molecular formula is C19H26N4O2. The Hall–Kier alpha value is -2.63. The van der Waals surface area contributed by atoms with Gasteiger partial charge in [-0.2, -0.15) is 5.10 Å². The summed E-state index contributed by atoms with van der Waals surface area (Å²) < 4.78 is 1.70. The van der Waals surface area contributed by atoms with Gasteiger partial charge in [0.25, 0.3) is 0 Å². The Morgan fingerprint density at radius 2 is 1.88 bits per heavy atom. The molecule has 1 unspecified atom stereocenters. The first-order valence-electron chi connectivity index (χ1n) is 8.42. The Kier molecular flexibility index (Phi) is 6.33. The molecule has 0 aliphatic carbocycles. The monoisotopic (exact) mass is 342 g/mol. The number of nitrogens with zero attached hydrogens (tertiary/aromatic N) is 3. The van der Waals surface area contributed by atoms with Gasteiger partial charge >= 0.3 is 0 Å². The zero-order valence-corrected chi connectivity index (χ0v) is 15.3. The first-order chi connectivity index (χ1) is 11.9. The number of benzene rings is 1. The second-order valence-corrected chi connectivity index (χ2v) is 6.67. The van der Waals surface area contributed by atoms with Crippen molar-refractivity contribution >= 4 is 11.8 Å². The van der Waals surface area contributed by atoms with E-state index in [1.165, 1.54) is 0 Å². The second kappa shape index (κ2) is 8.46. The SMILES string of the molecule is CC(C)C(NC(=O)Cc1ccccc1)C(=O)N(C)Cc1cnn(C)c1. The Bertz CT molecular complexity index is 709. The van der Waals surface area contributed by atoms with E-state index >= 15 is 0 Å². The maximum atomic E-state index is 12.8. The minimum Gasteiger partial charge on any atom is -0.344 e. The summed E-state index contributed by atoms with van der Waals surface area (Å²) in [6, 6.07) is 8.97. The molecule has 25 heavy (non-hydrogen) atoms. The number of rotatable bonds is 7. The quantitative estimate of drug-likeness (QED) is 0.834. The summed E-state index contributed by atoms with van der Waals surface area (Å²) in [6.45, 7) is 4.33. The summed E-state index contributed by atoms with van der Waals surface area (Å²) in [5.41, 5.74) is 1.88. The van der Waals surface area contributed by atoms with Gasteiger partial charge in [-0.1, -0.05) is 44.2 Å². The van der Waals surface area contributed by atoms with Crippen molar-refractivity contribution in [2.75, 3.05) is 7.05 Å². The number of aromatic nitrogens is 2. The highest BCUT2D eigenvalue weighted by atomic mass is 16.2.